The molecule has 31 heavy (non-hydrogen) atoms. The van der Waals surface area contributed by atoms with E-state index < -0.39 is 10.0 Å². The number of rotatable bonds is 5. The van der Waals surface area contributed by atoms with Crippen molar-refractivity contribution < 1.29 is 17.9 Å². The molecule has 1 heterocycles. The number of carbonyl (C=O) groups excluding carboxylic acids is 1. The Labute approximate surface area is 183 Å². The normalized spacial score (nSPS) is 17.4. The van der Waals surface area contributed by atoms with Crippen LogP contribution >= 0.6 is 0 Å². The van der Waals surface area contributed by atoms with Crippen LogP contribution in [0.1, 0.15) is 12.8 Å². The number of carbonyl (C=O) groups is 1. The van der Waals surface area contributed by atoms with E-state index in [1.807, 2.05) is 48.5 Å². The summed E-state index contributed by atoms with van der Waals surface area (Å²) in [4.78, 5) is 15.0. The largest absolute Gasteiger partial charge is 0.497 e. The monoisotopic (exact) mass is 438 g/mol. The Kier molecular flexibility index (Phi) is 5.98. The molecule has 3 aromatic rings. The van der Waals surface area contributed by atoms with Crippen LogP contribution in [-0.4, -0.2) is 45.9 Å². The fraction of sp³-hybridized carbons (Fsp3) is 0.292. The minimum Gasteiger partial charge on any atom is -0.497 e. The summed E-state index contributed by atoms with van der Waals surface area (Å²) >= 11 is 0. The van der Waals surface area contributed by atoms with Crippen LogP contribution in [0, 0.1) is 5.92 Å². The molecule has 7 heteroatoms. The zero-order valence-electron chi connectivity index (χ0n) is 17.7. The summed E-state index contributed by atoms with van der Waals surface area (Å²) in [5.74, 6) is 0.188. The Hall–Kier alpha value is -2.90. The third-order valence-corrected chi connectivity index (χ3v) is 7.72. The van der Waals surface area contributed by atoms with Crippen LogP contribution in [0.3, 0.4) is 0 Å². The highest BCUT2D eigenvalue weighted by Gasteiger charge is 2.34. The molecule has 0 aromatic heterocycles. The molecule has 0 N–H and O–H groups in total. The summed E-state index contributed by atoms with van der Waals surface area (Å²) < 4.78 is 33.3. The topological polar surface area (TPSA) is 66.9 Å². The minimum atomic E-state index is -3.68. The van der Waals surface area contributed by atoms with Crippen LogP contribution in [0.4, 0.5) is 5.69 Å². The number of ether oxygens (including phenoxy) is 1. The number of sulfonamides is 1. The molecular weight excluding hydrogens is 412 g/mol. The Morgan fingerprint density at radius 3 is 2.58 bits per heavy atom. The second-order valence-electron chi connectivity index (χ2n) is 7.81. The molecule has 162 valence electrons. The van der Waals surface area contributed by atoms with E-state index >= 15 is 0 Å². The predicted octanol–water partition coefficient (Wildman–Crippen LogP) is 3.91. The third kappa shape index (κ3) is 4.29. The quantitative estimate of drug-likeness (QED) is 0.606. The fourth-order valence-corrected chi connectivity index (χ4v) is 5.62. The highest BCUT2D eigenvalue weighted by molar-refractivity contribution is 7.89. The molecule has 0 aliphatic carbocycles. The van der Waals surface area contributed by atoms with Gasteiger partial charge in [-0.05, 0) is 47.9 Å². The molecule has 0 unspecified atom stereocenters. The lowest BCUT2D eigenvalue weighted by atomic mass is 9.98. The number of anilines is 1. The van der Waals surface area contributed by atoms with Gasteiger partial charge in [0.15, 0.2) is 0 Å². The van der Waals surface area contributed by atoms with Crippen molar-refractivity contribution in [3.63, 3.8) is 0 Å². The Bertz CT molecular complexity index is 1210. The second-order valence-corrected chi connectivity index (χ2v) is 9.75. The average molecular weight is 439 g/mol. The molecule has 1 saturated heterocycles. The van der Waals surface area contributed by atoms with E-state index in [0.717, 1.165) is 16.5 Å². The number of hydrogen-bond donors (Lipinski definition) is 0. The molecule has 0 radical (unpaired) electrons. The van der Waals surface area contributed by atoms with Crippen molar-refractivity contribution in [2.24, 2.45) is 5.92 Å². The van der Waals surface area contributed by atoms with E-state index in [1.165, 1.54) is 4.31 Å². The Balaban J connectivity index is 1.54. The standard InChI is InChI=1S/C24H26N2O4S/c1-25(21-10-5-11-22(16-21)30-2)24(27)20-9-6-14-26(17-20)31(28,29)23-13-12-18-7-3-4-8-19(18)15-23/h3-5,7-8,10-13,15-16,20H,6,9,14,17H2,1-2H3/t20-/m1/s1. The van der Waals surface area contributed by atoms with Crippen molar-refractivity contribution in [1.29, 1.82) is 0 Å². The molecule has 0 saturated carbocycles. The average Bonchev–Trinajstić information content (AvgIpc) is 2.82. The fourth-order valence-electron chi connectivity index (χ4n) is 4.06. The summed E-state index contributed by atoms with van der Waals surface area (Å²) in [7, 11) is -0.381. The molecule has 3 aromatic carbocycles. The first kappa shape index (κ1) is 21.3. The second kappa shape index (κ2) is 8.69. The lowest BCUT2D eigenvalue weighted by Gasteiger charge is -2.33. The van der Waals surface area contributed by atoms with Crippen LogP contribution < -0.4 is 9.64 Å². The van der Waals surface area contributed by atoms with Crippen LogP contribution in [0.5, 0.6) is 5.75 Å². The van der Waals surface area contributed by atoms with Crippen molar-refractivity contribution in [3.8, 4) is 5.75 Å². The number of fused-ring (bicyclic) bond motifs is 1. The summed E-state index contributed by atoms with van der Waals surface area (Å²) in [6, 6.07) is 20.1. The van der Waals surface area contributed by atoms with E-state index in [9.17, 15) is 13.2 Å². The van der Waals surface area contributed by atoms with Gasteiger partial charge in [0, 0.05) is 31.9 Å². The van der Waals surface area contributed by atoms with E-state index in [2.05, 4.69) is 0 Å². The van der Waals surface area contributed by atoms with Crippen LogP contribution in [-0.2, 0) is 14.8 Å². The molecule has 1 amide bonds. The number of nitrogens with zero attached hydrogens (tertiary/aromatic N) is 2. The van der Waals surface area contributed by atoms with Gasteiger partial charge in [0.2, 0.25) is 15.9 Å². The molecule has 4 rings (SSSR count). The first-order valence-electron chi connectivity index (χ1n) is 10.3. The third-order valence-electron chi connectivity index (χ3n) is 5.86. The van der Waals surface area contributed by atoms with Crippen molar-refractivity contribution >= 4 is 32.4 Å². The van der Waals surface area contributed by atoms with Crippen LogP contribution in [0.25, 0.3) is 10.8 Å². The molecule has 1 aliphatic rings. The van der Waals surface area contributed by atoms with E-state index in [4.69, 9.17) is 4.74 Å². The number of benzene rings is 3. The predicted molar refractivity (Wildman–Crippen MR) is 122 cm³/mol. The summed E-state index contributed by atoms with van der Waals surface area (Å²) in [5, 5.41) is 1.87. The molecule has 0 bridgehead atoms. The maximum Gasteiger partial charge on any atom is 0.243 e. The Morgan fingerprint density at radius 1 is 1.03 bits per heavy atom. The lowest BCUT2D eigenvalue weighted by Crippen LogP contribution is -2.45. The first-order chi connectivity index (χ1) is 14.9. The van der Waals surface area contributed by atoms with Gasteiger partial charge in [-0.2, -0.15) is 4.31 Å². The van der Waals surface area contributed by atoms with Gasteiger partial charge in [-0.25, -0.2) is 8.42 Å². The summed E-state index contributed by atoms with van der Waals surface area (Å²) in [5.41, 5.74) is 0.721. The summed E-state index contributed by atoms with van der Waals surface area (Å²) in [6.45, 7) is 0.601. The number of piperidine rings is 1. The minimum absolute atomic E-state index is 0.0911. The van der Waals surface area contributed by atoms with Gasteiger partial charge in [-0.1, -0.05) is 36.4 Å². The molecule has 1 fully saturated rings. The van der Waals surface area contributed by atoms with E-state index in [1.54, 1.807) is 37.3 Å². The maximum absolute atomic E-state index is 13.3. The lowest BCUT2D eigenvalue weighted by molar-refractivity contribution is -0.123. The number of amides is 1. The maximum atomic E-state index is 13.3. The Morgan fingerprint density at radius 2 is 1.81 bits per heavy atom. The van der Waals surface area contributed by atoms with Crippen molar-refractivity contribution in [2.75, 3.05) is 32.1 Å². The van der Waals surface area contributed by atoms with Gasteiger partial charge in [0.25, 0.3) is 0 Å². The van der Waals surface area contributed by atoms with Gasteiger partial charge in [-0.15, -0.1) is 0 Å². The van der Waals surface area contributed by atoms with Crippen molar-refractivity contribution in [3.05, 3.63) is 66.7 Å². The molecule has 0 spiro atoms. The van der Waals surface area contributed by atoms with Gasteiger partial charge in [0.05, 0.1) is 17.9 Å². The van der Waals surface area contributed by atoms with Crippen molar-refractivity contribution in [1.82, 2.24) is 4.31 Å². The van der Waals surface area contributed by atoms with Gasteiger partial charge >= 0.3 is 0 Å². The van der Waals surface area contributed by atoms with E-state index in [0.29, 0.717) is 25.1 Å². The molecule has 6 nitrogen and oxygen atoms in total. The smallest absolute Gasteiger partial charge is 0.243 e. The number of hydrogen-bond acceptors (Lipinski definition) is 4. The molecule has 1 aliphatic heterocycles. The first-order valence-corrected chi connectivity index (χ1v) is 11.7. The summed E-state index contributed by atoms with van der Waals surface area (Å²) in [6.07, 6.45) is 1.31. The zero-order chi connectivity index (χ0) is 22.0. The molecule has 1 atom stereocenters. The van der Waals surface area contributed by atoms with Gasteiger partial charge < -0.3 is 9.64 Å². The highest BCUT2D eigenvalue weighted by atomic mass is 32.2. The highest BCUT2D eigenvalue weighted by Crippen LogP contribution is 2.28. The SMILES string of the molecule is COc1cccc(N(C)C(=O)[C@@H]2CCCN(S(=O)(=O)c3ccc4ccccc4c3)C2)c1. The zero-order valence-corrected chi connectivity index (χ0v) is 18.5. The van der Waals surface area contributed by atoms with Crippen LogP contribution in [0.15, 0.2) is 71.6 Å². The van der Waals surface area contributed by atoms with Gasteiger partial charge in [0.1, 0.15) is 5.75 Å². The number of methoxy groups -OCH3 is 1. The van der Waals surface area contributed by atoms with E-state index in [-0.39, 0.29) is 23.3 Å². The van der Waals surface area contributed by atoms with Crippen molar-refractivity contribution in [2.45, 2.75) is 17.7 Å². The van der Waals surface area contributed by atoms with Gasteiger partial charge in [-0.3, -0.25) is 4.79 Å². The molecular formula is C24H26N2O4S. The van der Waals surface area contributed by atoms with Crippen LogP contribution in [0.2, 0.25) is 0 Å².